The Kier molecular flexibility index (Phi) is 4.54. The highest BCUT2D eigenvalue weighted by Gasteiger charge is 2.13. The van der Waals surface area contributed by atoms with E-state index in [-0.39, 0.29) is 0 Å². The van der Waals surface area contributed by atoms with Crippen molar-refractivity contribution in [1.82, 2.24) is 9.78 Å². The summed E-state index contributed by atoms with van der Waals surface area (Å²) in [6, 6.07) is 4.41. The highest BCUT2D eigenvalue weighted by atomic mass is 35.5. The van der Waals surface area contributed by atoms with Crippen LogP contribution in [0.25, 0.3) is 0 Å². The molecule has 112 valence electrons. The number of amides is 2. The quantitative estimate of drug-likeness (QED) is 0.910. The molecule has 0 aliphatic carbocycles. The molecule has 0 atom stereocenters. The number of halogens is 1. The number of aromatic nitrogens is 2. The number of carbonyl (C=O) groups excluding carboxylic acids is 1. The van der Waals surface area contributed by atoms with E-state index in [1.807, 2.05) is 0 Å². The lowest BCUT2D eigenvalue weighted by atomic mass is 10.2. The molecule has 0 spiro atoms. The zero-order valence-electron chi connectivity index (χ0n) is 11.8. The van der Waals surface area contributed by atoms with Gasteiger partial charge in [0.15, 0.2) is 0 Å². The van der Waals surface area contributed by atoms with Crippen molar-refractivity contribution in [3.05, 3.63) is 29.4 Å². The minimum Gasteiger partial charge on any atom is -0.495 e. The van der Waals surface area contributed by atoms with E-state index in [1.54, 1.807) is 36.1 Å². The van der Waals surface area contributed by atoms with Gasteiger partial charge in [-0.25, -0.2) is 4.79 Å². The first-order valence-corrected chi connectivity index (χ1v) is 6.40. The maximum Gasteiger partial charge on any atom is 0.324 e. The first kappa shape index (κ1) is 15.0. The Morgan fingerprint density at radius 2 is 1.95 bits per heavy atom. The predicted molar refractivity (Wildman–Crippen MR) is 80.4 cm³/mol. The molecule has 2 rings (SSSR count). The summed E-state index contributed by atoms with van der Waals surface area (Å²) >= 11 is 6.01. The van der Waals surface area contributed by atoms with Crippen molar-refractivity contribution < 1.29 is 14.3 Å². The van der Waals surface area contributed by atoms with Gasteiger partial charge in [0.05, 0.1) is 31.1 Å². The Bertz CT molecular complexity index is 657. The Balaban J connectivity index is 2.18. The van der Waals surface area contributed by atoms with Crippen molar-refractivity contribution >= 4 is 29.1 Å². The Hall–Kier alpha value is -2.41. The molecule has 2 amide bonds. The molecular weight excluding hydrogens is 296 g/mol. The van der Waals surface area contributed by atoms with E-state index < -0.39 is 6.03 Å². The smallest absolute Gasteiger partial charge is 0.324 e. The summed E-state index contributed by atoms with van der Waals surface area (Å²) < 4.78 is 11.8. The van der Waals surface area contributed by atoms with E-state index in [1.165, 1.54) is 14.2 Å². The van der Waals surface area contributed by atoms with Gasteiger partial charge < -0.3 is 14.8 Å². The number of hydrogen-bond donors (Lipinski definition) is 2. The third-order valence-corrected chi connectivity index (χ3v) is 3.08. The second-order valence-electron chi connectivity index (χ2n) is 4.11. The van der Waals surface area contributed by atoms with Crippen molar-refractivity contribution in [3.8, 4) is 11.5 Å². The molecule has 0 saturated carbocycles. The van der Waals surface area contributed by atoms with Gasteiger partial charge in [-0.1, -0.05) is 11.6 Å². The molecule has 7 nitrogen and oxygen atoms in total. The second kappa shape index (κ2) is 6.36. The number of aryl methyl sites for hydroxylation is 1. The van der Waals surface area contributed by atoms with Gasteiger partial charge in [0.2, 0.25) is 0 Å². The van der Waals surface area contributed by atoms with Crippen LogP contribution in [0.4, 0.5) is 16.3 Å². The normalized spacial score (nSPS) is 10.1. The topological polar surface area (TPSA) is 77.4 Å². The van der Waals surface area contributed by atoms with E-state index >= 15 is 0 Å². The van der Waals surface area contributed by atoms with Crippen LogP contribution in [-0.2, 0) is 7.05 Å². The van der Waals surface area contributed by atoms with Gasteiger partial charge in [-0.05, 0) is 0 Å². The number of nitrogens with one attached hydrogen (secondary N) is 2. The molecule has 0 unspecified atom stereocenters. The zero-order valence-corrected chi connectivity index (χ0v) is 12.6. The highest BCUT2D eigenvalue weighted by molar-refractivity contribution is 6.32. The molecule has 1 aromatic heterocycles. The van der Waals surface area contributed by atoms with Crippen molar-refractivity contribution in [2.45, 2.75) is 0 Å². The van der Waals surface area contributed by atoms with E-state index in [4.69, 9.17) is 21.1 Å². The molecular formula is C13H15ClN4O3. The number of rotatable bonds is 4. The molecule has 0 aliphatic rings. The third kappa shape index (κ3) is 3.38. The first-order valence-electron chi connectivity index (χ1n) is 6.02. The zero-order chi connectivity index (χ0) is 15.4. The van der Waals surface area contributed by atoms with E-state index in [0.29, 0.717) is 28.0 Å². The molecule has 0 saturated heterocycles. The lowest BCUT2D eigenvalue weighted by Crippen LogP contribution is -2.21. The summed E-state index contributed by atoms with van der Waals surface area (Å²) in [5.74, 6) is 1.43. The van der Waals surface area contributed by atoms with Gasteiger partial charge >= 0.3 is 6.03 Å². The number of nitrogens with zero attached hydrogens (tertiary/aromatic N) is 2. The lowest BCUT2D eigenvalue weighted by molar-refractivity contribution is 0.262. The monoisotopic (exact) mass is 310 g/mol. The average molecular weight is 311 g/mol. The molecule has 0 bridgehead atoms. The van der Waals surface area contributed by atoms with Gasteiger partial charge in [0.25, 0.3) is 0 Å². The van der Waals surface area contributed by atoms with Crippen molar-refractivity contribution in [3.63, 3.8) is 0 Å². The van der Waals surface area contributed by atoms with Crippen LogP contribution in [0.3, 0.4) is 0 Å². The summed E-state index contributed by atoms with van der Waals surface area (Å²) in [5, 5.41) is 9.69. The molecule has 2 aromatic rings. The molecule has 0 aliphatic heterocycles. The molecule has 21 heavy (non-hydrogen) atoms. The number of urea groups is 1. The van der Waals surface area contributed by atoms with E-state index in [0.717, 1.165) is 0 Å². The van der Waals surface area contributed by atoms with Crippen LogP contribution in [0.15, 0.2) is 24.4 Å². The fourth-order valence-corrected chi connectivity index (χ4v) is 1.96. The number of benzene rings is 1. The van der Waals surface area contributed by atoms with Crippen molar-refractivity contribution in [1.29, 1.82) is 0 Å². The Labute approximate surface area is 126 Å². The Morgan fingerprint density at radius 3 is 2.52 bits per heavy atom. The minimum absolute atomic E-state index is 0.395. The number of anilines is 2. The average Bonchev–Trinajstić information content (AvgIpc) is 2.85. The molecule has 0 fully saturated rings. The maximum atomic E-state index is 12.0. The highest BCUT2D eigenvalue weighted by Crippen LogP contribution is 2.35. The maximum absolute atomic E-state index is 12.0. The molecule has 0 radical (unpaired) electrons. The Morgan fingerprint density at radius 1 is 1.24 bits per heavy atom. The van der Waals surface area contributed by atoms with Crippen LogP contribution in [0.2, 0.25) is 5.02 Å². The number of methoxy groups -OCH3 is 2. The van der Waals surface area contributed by atoms with Crippen LogP contribution >= 0.6 is 11.6 Å². The van der Waals surface area contributed by atoms with Crippen molar-refractivity contribution in [2.24, 2.45) is 7.05 Å². The number of carbonyl (C=O) groups is 1. The fraction of sp³-hybridized carbons (Fsp3) is 0.231. The van der Waals surface area contributed by atoms with Crippen LogP contribution in [0, 0.1) is 0 Å². The van der Waals surface area contributed by atoms with Crippen LogP contribution in [-0.4, -0.2) is 30.0 Å². The lowest BCUT2D eigenvalue weighted by Gasteiger charge is -2.13. The summed E-state index contributed by atoms with van der Waals surface area (Å²) in [6.07, 6.45) is 1.58. The predicted octanol–water partition coefficient (Wildman–Crippen LogP) is 2.73. The molecule has 1 aromatic carbocycles. The van der Waals surface area contributed by atoms with Gasteiger partial charge in [-0.2, -0.15) is 5.10 Å². The van der Waals surface area contributed by atoms with Crippen LogP contribution < -0.4 is 20.1 Å². The fourth-order valence-electron chi connectivity index (χ4n) is 1.72. The van der Waals surface area contributed by atoms with E-state index in [9.17, 15) is 4.79 Å². The standard InChI is InChI=1S/C13H15ClN4O3/c1-18-12(4-5-15-18)17-13(19)16-9-7-10(20-2)8(14)6-11(9)21-3/h4-7H,1-3H3,(H2,16,17,19). The molecule has 8 heteroatoms. The van der Waals surface area contributed by atoms with Crippen LogP contribution in [0.1, 0.15) is 0 Å². The summed E-state index contributed by atoms with van der Waals surface area (Å²) in [4.78, 5) is 12.0. The summed E-state index contributed by atoms with van der Waals surface area (Å²) in [6.45, 7) is 0. The van der Waals surface area contributed by atoms with Crippen LogP contribution in [0.5, 0.6) is 11.5 Å². The number of hydrogen-bond acceptors (Lipinski definition) is 4. The second-order valence-corrected chi connectivity index (χ2v) is 4.51. The third-order valence-electron chi connectivity index (χ3n) is 2.78. The van der Waals surface area contributed by atoms with Gasteiger partial charge in [-0.3, -0.25) is 10.00 Å². The van der Waals surface area contributed by atoms with Gasteiger partial charge in [0, 0.05) is 25.2 Å². The van der Waals surface area contributed by atoms with Crippen molar-refractivity contribution in [2.75, 3.05) is 24.9 Å². The first-order chi connectivity index (χ1) is 10.0. The minimum atomic E-state index is -0.429. The van der Waals surface area contributed by atoms with Gasteiger partial charge in [0.1, 0.15) is 17.3 Å². The number of ether oxygens (including phenoxy) is 2. The van der Waals surface area contributed by atoms with E-state index in [2.05, 4.69) is 15.7 Å². The summed E-state index contributed by atoms with van der Waals surface area (Å²) in [5.41, 5.74) is 0.443. The van der Waals surface area contributed by atoms with Gasteiger partial charge in [-0.15, -0.1) is 0 Å². The molecule has 2 N–H and O–H groups in total. The SMILES string of the molecule is COc1cc(NC(=O)Nc2ccnn2C)c(OC)cc1Cl. The molecule has 1 heterocycles. The largest absolute Gasteiger partial charge is 0.495 e. The summed E-state index contributed by atoms with van der Waals surface area (Å²) in [7, 11) is 4.71.